The van der Waals surface area contributed by atoms with E-state index < -0.39 is 5.97 Å². The second-order valence-corrected chi connectivity index (χ2v) is 7.05. The van der Waals surface area contributed by atoms with E-state index in [2.05, 4.69) is 24.0 Å². The molecule has 4 nitrogen and oxygen atoms in total. The van der Waals surface area contributed by atoms with Crippen LogP contribution in [-0.2, 0) is 16.1 Å². The Morgan fingerprint density at radius 3 is 2.52 bits per heavy atom. The van der Waals surface area contributed by atoms with Gasteiger partial charge in [-0.05, 0) is 55.3 Å². The molecule has 0 aliphatic carbocycles. The molecule has 3 aromatic carbocycles. The van der Waals surface area contributed by atoms with Crippen LogP contribution in [0.1, 0.15) is 27.8 Å². The normalized spacial score (nSPS) is 14.6. The average Bonchev–Trinajstić information content (AvgIpc) is 3.08. The van der Waals surface area contributed by atoms with Gasteiger partial charge >= 0.3 is 5.97 Å². The first-order chi connectivity index (χ1) is 14.1. The number of carbonyl (C=O) groups excluding carboxylic acids is 1. The third kappa shape index (κ3) is 4.61. The van der Waals surface area contributed by atoms with E-state index in [4.69, 9.17) is 9.47 Å². The van der Waals surface area contributed by atoms with Crippen LogP contribution in [0.3, 0.4) is 0 Å². The molecule has 4 rings (SSSR count). The van der Waals surface area contributed by atoms with E-state index in [1.165, 1.54) is 5.56 Å². The molecule has 0 spiro atoms. The van der Waals surface area contributed by atoms with Crippen LogP contribution in [0.4, 0.5) is 0 Å². The lowest BCUT2D eigenvalue weighted by molar-refractivity contribution is -0.129. The van der Waals surface area contributed by atoms with Gasteiger partial charge in [0.05, 0.1) is 0 Å². The molecule has 0 atom stereocenters. The Bertz CT molecular complexity index is 1110. The zero-order chi connectivity index (χ0) is 20.2. The Morgan fingerprint density at radius 2 is 1.72 bits per heavy atom. The third-order valence-corrected chi connectivity index (χ3v) is 4.57. The van der Waals surface area contributed by atoms with E-state index in [1.54, 1.807) is 6.08 Å². The molecule has 0 radical (unpaired) electrons. The molecule has 0 saturated heterocycles. The number of ether oxygens (including phenoxy) is 2. The Balaban J connectivity index is 1.51. The summed E-state index contributed by atoms with van der Waals surface area (Å²) in [6.07, 6.45) is 1.71. The number of benzene rings is 3. The highest BCUT2D eigenvalue weighted by atomic mass is 16.6. The minimum absolute atomic E-state index is 0.274. The van der Waals surface area contributed by atoms with Crippen molar-refractivity contribution in [3.8, 4) is 5.75 Å². The zero-order valence-corrected chi connectivity index (χ0v) is 16.4. The standard InChI is InChI=1S/C25H21NO3/c1-17-9-11-21(12-10-17)24-26-23(25(27)29-24)15-19-6-4-8-22(14-19)28-16-20-7-3-5-18(2)13-20/h3-15H,16H2,1-2H3/b23-15-. The van der Waals surface area contributed by atoms with Gasteiger partial charge in [-0.2, -0.15) is 0 Å². The average molecular weight is 383 g/mol. The summed E-state index contributed by atoms with van der Waals surface area (Å²) >= 11 is 0. The summed E-state index contributed by atoms with van der Waals surface area (Å²) in [4.78, 5) is 16.6. The second-order valence-electron chi connectivity index (χ2n) is 7.05. The molecule has 1 aliphatic rings. The van der Waals surface area contributed by atoms with Crippen molar-refractivity contribution in [1.29, 1.82) is 0 Å². The number of carbonyl (C=O) groups is 1. The molecule has 1 aliphatic heterocycles. The molecule has 0 aromatic heterocycles. The summed E-state index contributed by atoms with van der Waals surface area (Å²) in [5.74, 6) is 0.606. The van der Waals surface area contributed by atoms with Gasteiger partial charge in [0.2, 0.25) is 5.90 Å². The van der Waals surface area contributed by atoms with Crippen molar-refractivity contribution in [2.45, 2.75) is 20.5 Å². The Morgan fingerprint density at radius 1 is 0.931 bits per heavy atom. The van der Waals surface area contributed by atoms with Crippen LogP contribution in [0, 0.1) is 13.8 Å². The van der Waals surface area contributed by atoms with E-state index in [1.807, 2.05) is 67.6 Å². The first-order valence-electron chi connectivity index (χ1n) is 9.45. The fourth-order valence-corrected chi connectivity index (χ4v) is 3.05. The number of esters is 1. The van der Waals surface area contributed by atoms with Gasteiger partial charge in [0.15, 0.2) is 5.70 Å². The van der Waals surface area contributed by atoms with E-state index in [-0.39, 0.29) is 5.70 Å². The summed E-state index contributed by atoms with van der Waals surface area (Å²) in [6.45, 7) is 4.55. The van der Waals surface area contributed by atoms with E-state index in [0.29, 0.717) is 12.5 Å². The van der Waals surface area contributed by atoms with Crippen LogP contribution in [0.25, 0.3) is 6.08 Å². The van der Waals surface area contributed by atoms with Crippen LogP contribution in [0.2, 0.25) is 0 Å². The number of cyclic esters (lactones) is 1. The summed E-state index contributed by atoms with van der Waals surface area (Å²) in [5.41, 5.74) is 5.33. The second kappa shape index (κ2) is 8.15. The fraction of sp³-hybridized carbons (Fsp3) is 0.120. The summed E-state index contributed by atoms with van der Waals surface area (Å²) in [6, 6.07) is 23.5. The number of aryl methyl sites for hydroxylation is 2. The van der Waals surface area contributed by atoms with Crippen LogP contribution in [0.5, 0.6) is 5.75 Å². The van der Waals surface area contributed by atoms with Gasteiger partial charge in [-0.15, -0.1) is 0 Å². The number of nitrogens with zero attached hydrogens (tertiary/aromatic N) is 1. The number of aliphatic imine (C=N–C) groups is 1. The Hall–Kier alpha value is -3.66. The van der Waals surface area contributed by atoms with Gasteiger partial charge in [0, 0.05) is 5.56 Å². The van der Waals surface area contributed by atoms with Crippen molar-refractivity contribution < 1.29 is 14.3 Å². The van der Waals surface area contributed by atoms with Crippen molar-refractivity contribution >= 4 is 17.9 Å². The van der Waals surface area contributed by atoms with Crippen molar-refractivity contribution in [2.75, 3.05) is 0 Å². The Kier molecular flexibility index (Phi) is 5.25. The molecule has 0 fully saturated rings. The number of rotatable bonds is 5. The lowest BCUT2D eigenvalue weighted by Gasteiger charge is -2.07. The monoisotopic (exact) mass is 383 g/mol. The first kappa shape index (κ1) is 18.7. The summed E-state index contributed by atoms with van der Waals surface area (Å²) in [7, 11) is 0. The first-order valence-corrected chi connectivity index (χ1v) is 9.45. The highest BCUT2D eigenvalue weighted by molar-refractivity contribution is 6.12. The molecule has 0 N–H and O–H groups in total. The highest BCUT2D eigenvalue weighted by Gasteiger charge is 2.24. The minimum atomic E-state index is -0.452. The van der Waals surface area contributed by atoms with Gasteiger partial charge in [-0.3, -0.25) is 0 Å². The molecular formula is C25H21NO3. The maximum absolute atomic E-state index is 12.2. The van der Waals surface area contributed by atoms with Crippen LogP contribution < -0.4 is 4.74 Å². The zero-order valence-electron chi connectivity index (χ0n) is 16.4. The molecule has 0 unspecified atom stereocenters. The minimum Gasteiger partial charge on any atom is -0.489 e. The van der Waals surface area contributed by atoms with Crippen molar-refractivity contribution in [3.63, 3.8) is 0 Å². The van der Waals surface area contributed by atoms with E-state index >= 15 is 0 Å². The molecular weight excluding hydrogens is 362 g/mol. The molecule has 0 bridgehead atoms. The van der Waals surface area contributed by atoms with Gasteiger partial charge in [-0.25, -0.2) is 9.79 Å². The predicted molar refractivity (Wildman–Crippen MR) is 114 cm³/mol. The fourth-order valence-electron chi connectivity index (χ4n) is 3.05. The van der Waals surface area contributed by atoms with Crippen molar-refractivity contribution in [3.05, 3.63) is 106 Å². The maximum Gasteiger partial charge on any atom is 0.363 e. The topological polar surface area (TPSA) is 47.9 Å². The van der Waals surface area contributed by atoms with Crippen LogP contribution >= 0.6 is 0 Å². The van der Waals surface area contributed by atoms with Gasteiger partial charge in [0.25, 0.3) is 0 Å². The SMILES string of the molecule is Cc1ccc(C2=N/C(=C\c3cccc(OCc4cccc(C)c4)c3)C(=O)O2)cc1. The molecule has 144 valence electrons. The number of hydrogen-bond donors (Lipinski definition) is 0. The summed E-state index contributed by atoms with van der Waals surface area (Å²) < 4.78 is 11.2. The summed E-state index contributed by atoms with van der Waals surface area (Å²) in [5, 5.41) is 0. The van der Waals surface area contributed by atoms with Gasteiger partial charge in [-0.1, -0.05) is 59.7 Å². The highest BCUT2D eigenvalue weighted by Crippen LogP contribution is 2.22. The Labute approximate surface area is 170 Å². The molecule has 4 heteroatoms. The number of hydrogen-bond acceptors (Lipinski definition) is 4. The quantitative estimate of drug-likeness (QED) is 0.448. The van der Waals surface area contributed by atoms with Crippen LogP contribution in [-0.4, -0.2) is 11.9 Å². The van der Waals surface area contributed by atoms with E-state index in [0.717, 1.165) is 28.0 Å². The van der Waals surface area contributed by atoms with Gasteiger partial charge in [0.1, 0.15) is 12.4 Å². The molecule has 3 aromatic rings. The van der Waals surface area contributed by atoms with Crippen molar-refractivity contribution in [2.24, 2.45) is 4.99 Å². The maximum atomic E-state index is 12.2. The molecule has 0 amide bonds. The molecule has 29 heavy (non-hydrogen) atoms. The smallest absolute Gasteiger partial charge is 0.363 e. The van der Waals surface area contributed by atoms with Crippen LogP contribution in [0.15, 0.2) is 83.5 Å². The van der Waals surface area contributed by atoms with Gasteiger partial charge < -0.3 is 9.47 Å². The van der Waals surface area contributed by atoms with Crippen molar-refractivity contribution in [1.82, 2.24) is 0 Å². The molecule has 1 heterocycles. The third-order valence-electron chi connectivity index (χ3n) is 4.57. The lowest BCUT2D eigenvalue weighted by Crippen LogP contribution is -2.05. The van der Waals surface area contributed by atoms with E-state index in [9.17, 15) is 4.79 Å². The molecule has 0 saturated carbocycles. The lowest BCUT2D eigenvalue weighted by atomic mass is 10.1. The predicted octanol–water partition coefficient (Wildman–Crippen LogP) is 5.23. The largest absolute Gasteiger partial charge is 0.489 e.